The fourth-order valence-corrected chi connectivity index (χ4v) is 5.61. The number of urea groups is 1. The highest BCUT2D eigenvalue weighted by Crippen LogP contribution is 2.38. The SMILES string of the molecule is CN(C)CCNC(=O)CN1CCN(C(=O)c2sc(C(C)(C)C)cc2NC(=O)Nc2ccc(F)c(F)c2Cl)C(C)(C)C1=O. The summed E-state index contributed by atoms with van der Waals surface area (Å²) < 4.78 is 27.3. The predicted molar refractivity (Wildman–Crippen MR) is 160 cm³/mol. The van der Waals surface area contributed by atoms with Crippen LogP contribution in [0.3, 0.4) is 0 Å². The van der Waals surface area contributed by atoms with Gasteiger partial charge in [-0.25, -0.2) is 13.6 Å². The second-order valence-corrected chi connectivity index (χ2v) is 13.2. The summed E-state index contributed by atoms with van der Waals surface area (Å²) in [6.07, 6.45) is 0. The summed E-state index contributed by atoms with van der Waals surface area (Å²) in [5.74, 6) is -3.59. The third kappa shape index (κ3) is 7.56. The number of halogens is 3. The quantitative estimate of drug-likeness (QED) is 0.377. The number of amides is 5. The zero-order chi connectivity index (χ0) is 31.6. The number of nitrogens with one attached hydrogen (secondary N) is 3. The van der Waals surface area contributed by atoms with Crippen molar-refractivity contribution < 1.29 is 28.0 Å². The number of rotatable bonds is 8. The summed E-state index contributed by atoms with van der Waals surface area (Å²) >= 11 is 7.03. The standard InChI is InChI=1S/C28H37ClF2N6O4S/c1-27(2,3)19-14-18(34-26(41)33-17-9-8-16(30)22(31)21(17)29)23(42-19)24(39)37-13-12-36(25(40)28(37,4)5)15-20(38)32-10-11-35(6)7/h8-9,14H,10-13,15H2,1-7H3,(H,32,38)(H2,33,34,41). The Hall–Kier alpha value is -3.29. The second kappa shape index (κ2) is 12.9. The number of benzene rings is 1. The minimum absolute atomic E-state index is 0.121. The van der Waals surface area contributed by atoms with Gasteiger partial charge in [0.25, 0.3) is 5.91 Å². The average Bonchev–Trinajstić information content (AvgIpc) is 3.31. The van der Waals surface area contributed by atoms with E-state index in [1.54, 1.807) is 19.9 Å². The Kier molecular flexibility index (Phi) is 10.2. The van der Waals surface area contributed by atoms with Crippen molar-refractivity contribution >= 4 is 58.1 Å². The molecule has 3 N–H and O–H groups in total. The lowest BCUT2D eigenvalue weighted by Gasteiger charge is -2.45. The maximum Gasteiger partial charge on any atom is 0.323 e. The van der Waals surface area contributed by atoms with Crippen molar-refractivity contribution in [1.29, 1.82) is 0 Å². The lowest BCUT2D eigenvalue weighted by molar-refractivity contribution is -0.149. The molecule has 10 nitrogen and oxygen atoms in total. The Morgan fingerprint density at radius 2 is 1.74 bits per heavy atom. The number of carbonyl (C=O) groups excluding carboxylic acids is 4. The van der Waals surface area contributed by atoms with Crippen LogP contribution in [-0.4, -0.2) is 90.8 Å². The van der Waals surface area contributed by atoms with E-state index in [2.05, 4.69) is 16.0 Å². The van der Waals surface area contributed by atoms with Gasteiger partial charge in [0.05, 0.1) is 17.9 Å². The maximum atomic E-state index is 13.9. The van der Waals surface area contributed by atoms with Crippen LogP contribution in [0.15, 0.2) is 18.2 Å². The second-order valence-electron chi connectivity index (χ2n) is 11.8. The molecule has 5 amide bonds. The molecule has 1 aliphatic rings. The fourth-order valence-electron chi connectivity index (χ4n) is 4.29. The van der Waals surface area contributed by atoms with E-state index in [1.165, 1.54) is 21.1 Å². The Bertz CT molecular complexity index is 1370. The largest absolute Gasteiger partial charge is 0.353 e. The summed E-state index contributed by atoms with van der Waals surface area (Å²) in [6.45, 7) is 10.4. The van der Waals surface area contributed by atoms with Crippen LogP contribution in [0.2, 0.25) is 5.02 Å². The van der Waals surface area contributed by atoms with E-state index in [-0.39, 0.29) is 53.1 Å². The first-order valence-electron chi connectivity index (χ1n) is 13.3. The van der Waals surface area contributed by atoms with Crippen LogP contribution in [0.4, 0.5) is 25.0 Å². The van der Waals surface area contributed by atoms with E-state index in [1.807, 2.05) is 39.8 Å². The molecule has 1 aromatic carbocycles. The highest BCUT2D eigenvalue weighted by atomic mass is 35.5. The van der Waals surface area contributed by atoms with E-state index in [0.717, 1.165) is 17.0 Å². The zero-order valence-corrected chi connectivity index (χ0v) is 26.4. The topological polar surface area (TPSA) is 114 Å². The number of carbonyl (C=O) groups is 4. The molecule has 0 bridgehead atoms. The van der Waals surface area contributed by atoms with Crippen LogP contribution in [0.25, 0.3) is 0 Å². The van der Waals surface area contributed by atoms with Crippen LogP contribution in [0.1, 0.15) is 49.2 Å². The van der Waals surface area contributed by atoms with E-state index in [9.17, 15) is 28.0 Å². The fraction of sp³-hybridized carbons (Fsp3) is 0.500. The third-order valence-corrected chi connectivity index (χ3v) is 8.66. The van der Waals surface area contributed by atoms with Crippen LogP contribution in [0.5, 0.6) is 0 Å². The van der Waals surface area contributed by atoms with Crippen LogP contribution in [0, 0.1) is 11.6 Å². The summed E-state index contributed by atoms with van der Waals surface area (Å²) in [7, 11) is 3.78. The van der Waals surface area contributed by atoms with Crippen LogP contribution < -0.4 is 16.0 Å². The van der Waals surface area contributed by atoms with E-state index in [0.29, 0.717) is 13.1 Å². The number of anilines is 2. The molecule has 0 radical (unpaired) electrons. The summed E-state index contributed by atoms with van der Waals surface area (Å²) in [4.78, 5) is 58.4. The number of likely N-dealkylation sites (N-methyl/N-ethyl adjacent to an activating group) is 1. The Labute approximate surface area is 253 Å². The van der Waals surface area contributed by atoms with Gasteiger partial charge in [-0.15, -0.1) is 11.3 Å². The molecule has 1 aromatic heterocycles. The molecule has 1 aliphatic heterocycles. The van der Waals surface area contributed by atoms with Crippen molar-refractivity contribution in [1.82, 2.24) is 20.0 Å². The molecule has 2 heterocycles. The van der Waals surface area contributed by atoms with Gasteiger partial charge < -0.3 is 30.7 Å². The predicted octanol–water partition coefficient (Wildman–Crippen LogP) is 4.36. The third-order valence-electron chi connectivity index (χ3n) is 6.74. The monoisotopic (exact) mass is 626 g/mol. The average molecular weight is 627 g/mol. The normalized spacial score (nSPS) is 15.2. The summed E-state index contributed by atoms with van der Waals surface area (Å²) in [6, 6.07) is 2.81. The maximum absolute atomic E-state index is 13.9. The first kappa shape index (κ1) is 33.2. The Morgan fingerprint density at radius 1 is 1.10 bits per heavy atom. The zero-order valence-electron chi connectivity index (χ0n) is 24.8. The lowest BCUT2D eigenvalue weighted by Crippen LogP contribution is -2.65. The highest BCUT2D eigenvalue weighted by molar-refractivity contribution is 7.14. The van der Waals surface area contributed by atoms with Gasteiger partial charge in [0.15, 0.2) is 11.6 Å². The number of thiophene rings is 1. The van der Waals surface area contributed by atoms with E-state index in [4.69, 9.17) is 11.6 Å². The molecule has 0 unspecified atom stereocenters. The number of hydrogen-bond donors (Lipinski definition) is 3. The molecular formula is C28H37ClF2N6O4S. The first-order chi connectivity index (χ1) is 19.4. The molecule has 1 saturated heterocycles. The van der Waals surface area contributed by atoms with E-state index >= 15 is 0 Å². The molecule has 42 heavy (non-hydrogen) atoms. The van der Waals surface area contributed by atoms with Gasteiger partial charge >= 0.3 is 6.03 Å². The lowest BCUT2D eigenvalue weighted by atomic mass is 9.94. The smallest absolute Gasteiger partial charge is 0.323 e. The van der Waals surface area contributed by atoms with Crippen molar-refractivity contribution in [3.8, 4) is 0 Å². The Balaban J connectivity index is 1.81. The van der Waals surface area contributed by atoms with Gasteiger partial charge in [-0.2, -0.15) is 0 Å². The summed E-state index contributed by atoms with van der Waals surface area (Å²) in [5, 5.41) is 7.20. The number of piperazine rings is 1. The molecule has 2 aromatic rings. The summed E-state index contributed by atoms with van der Waals surface area (Å²) in [5.41, 5.74) is -1.61. The van der Waals surface area contributed by atoms with Gasteiger partial charge in [-0.05, 0) is 51.6 Å². The minimum atomic E-state index is -1.30. The van der Waals surface area contributed by atoms with Crippen molar-refractivity contribution in [3.63, 3.8) is 0 Å². The van der Waals surface area contributed by atoms with Gasteiger partial charge in [-0.3, -0.25) is 14.4 Å². The van der Waals surface area contributed by atoms with E-state index < -0.39 is 34.1 Å². The molecule has 0 aliphatic carbocycles. The molecule has 0 saturated carbocycles. The molecule has 14 heteroatoms. The van der Waals surface area contributed by atoms with Gasteiger partial charge in [0.1, 0.15) is 15.4 Å². The van der Waals surface area contributed by atoms with Gasteiger partial charge in [0.2, 0.25) is 11.8 Å². The van der Waals surface area contributed by atoms with Crippen molar-refractivity contribution in [3.05, 3.63) is 44.6 Å². The van der Waals surface area contributed by atoms with Gasteiger partial charge in [-0.1, -0.05) is 32.4 Å². The highest BCUT2D eigenvalue weighted by Gasteiger charge is 2.45. The molecule has 230 valence electrons. The van der Waals surface area contributed by atoms with Crippen LogP contribution in [-0.2, 0) is 15.0 Å². The number of hydrogen-bond acceptors (Lipinski definition) is 6. The molecule has 1 fully saturated rings. The van der Waals surface area contributed by atoms with Gasteiger partial charge in [0, 0.05) is 31.1 Å². The van der Waals surface area contributed by atoms with Crippen molar-refractivity contribution in [2.24, 2.45) is 0 Å². The minimum Gasteiger partial charge on any atom is -0.353 e. The molecular weight excluding hydrogens is 590 g/mol. The van der Waals surface area contributed by atoms with Crippen molar-refractivity contribution in [2.75, 3.05) is 57.5 Å². The molecule has 3 rings (SSSR count). The Morgan fingerprint density at radius 3 is 2.36 bits per heavy atom. The first-order valence-corrected chi connectivity index (χ1v) is 14.5. The molecule has 0 spiro atoms. The molecule has 0 atom stereocenters. The van der Waals surface area contributed by atoms with Crippen LogP contribution >= 0.6 is 22.9 Å². The number of nitrogens with zero attached hydrogens (tertiary/aromatic N) is 3. The van der Waals surface area contributed by atoms with Crippen molar-refractivity contribution in [2.45, 2.75) is 45.6 Å².